The van der Waals surface area contributed by atoms with Gasteiger partial charge in [0.2, 0.25) is 5.71 Å². The summed E-state index contributed by atoms with van der Waals surface area (Å²) in [6, 6.07) is 5.57. The van der Waals surface area contributed by atoms with E-state index in [1.54, 1.807) is 25.8 Å². The van der Waals surface area contributed by atoms with Gasteiger partial charge >= 0.3 is 5.91 Å². The number of nitrogens with zero attached hydrogens (tertiary/aromatic N) is 2. The van der Waals surface area contributed by atoms with Gasteiger partial charge in [0, 0.05) is 18.2 Å². The summed E-state index contributed by atoms with van der Waals surface area (Å²) >= 11 is 1.49. The number of hydrogen-bond donors (Lipinski definition) is 1. The standard InChI is InChI=1S/C26H31N3O4S/c1-28-20-17-19(25(30)27-11-6-14-29-12-4-5-13-29)8-10-23(20)34-24(26(28)31)16-18-7-9-21(32-2)22(15-18)33-3/h7-10,15-17,23H,4-6,11-14H2,1-3H3/p+1/b24-16-. The fraction of sp³-hybridized carbons (Fsp3) is 0.423. The lowest BCUT2D eigenvalue weighted by Crippen LogP contribution is -2.37. The van der Waals surface area contributed by atoms with Gasteiger partial charge in [-0.15, -0.1) is 0 Å². The molecule has 4 rings (SSSR count). The number of fused-ring (bicyclic) bond motifs is 1. The van der Waals surface area contributed by atoms with Crippen molar-refractivity contribution in [2.45, 2.75) is 24.5 Å². The molecule has 0 bridgehead atoms. The summed E-state index contributed by atoms with van der Waals surface area (Å²) in [4.78, 5) is 28.8. The van der Waals surface area contributed by atoms with Crippen LogP contribution in [0, 0.1) is 0 Å². The van der Waals surface area contributed by atoms with E-state index in [1.165, 1.54) is 37.7 Å². The molecule has 0 saturated carbocycles. The van der Waals surface area contributed by atoms with Crippen LogP contribution >= 0.6 is 11.8 Å². The number of nitrogens with one attached hydrogen (secondary N) is 1. The van der Waals surface area contributed by atoms with Crippen molar-refractivity contribution in [3.05, 3.63) is 52.5 Å². The number of benzene rings is 1. The highest BCUT2D eigenvalue weighted by Gasteiger charge is 2.38. The number of methoxy groups -OCH3 is 2. The molecule has 180 valence electrons. The van der Waals surface area contributed by atoms with Gasteiger partial charge in [-0.2, -0.15) is 4.58 Å². The molecule has 7 nitrogen and oxygen atoms in total. The van der Waals surface area contributed by atoms with Gasteiger partial charge in [0.15, 0.2) is 11.5 Å². The Bertz CT molecular complexity index is 1080. The molecule has 0 radical (unpaired) electrons. The molecule has 8 heteroatoms. The summed E-state index contributed by atoms with van der Waals surface area (Å²) in [7, 11) is 4.94. The van der Waals surface area contributed by atoms with E-state index >= 15 is 0 Å². The number of thioether (sulfide) groups is 1. The molecule has 1 aromatic carbocycles. The van der Waals surface area contributed by atoms with Gasteiger partial charge in [0.1, 0.15) is 17.2 Å². The van der Waals surface area contributed by atoms with Gasteiger partial charge in [0.05, 0.1) is 14.2 Å². The van der Waals surface area contributed by atoms with Crippen LogP contribution in [0.25, 0.3) is 6.08 Å². The van der Waals surface area contributed by atoms with Crippen LogP contribution in [0.3, 0.4) is 0 Å². The fourth-order valence-electron chi connectivity index (χ4n) is 4.38. The van der Waals surface area contributed by atoms with E-state index in [4.69, 9.17) is 9.47 Å². The summed E-state index contributed by atoms with van der Waals surface area (Å²) < 4.78 is 12.3. The van der Waals surface area contributed by atoms with Crippen LogP contribution < -0.4 is 14.8 Å². The zero-order valence-electron chi connectivity index (χ0n) is 20.0. The number of likely N-dealkylation sites (N-methyl/N-ethyl adjacent to an activating group) is 1. The summed E-state index contributed by atoms with van der Waals surface area (Å²) in [5.74, 6) is 1.06. The number of carbonyl (C=O) groups is 2. The van der Waals surface area contributed by atoms with Crippen LogP contribution in [0.4, 0.5) is 0 Å². The van der Waals surface area contributed by atoms with Gasteiger partial charge in [-0.3, -0.25) is 4.79 Å². The van der Waals surface area contributed by atoms with E-state index in [9.17, 15) is 9.59 Å². The Morgan fingerprint density at radius 3 is 2.74 bits per heavy atom. The van der Waals surface area contributed by atoms with Gasteiger partial charge in [-0.25, -0.2) is 4.79 Å². The average molecular weight is 483 g/mol. The highest BCUT2D eigenvalue weighted by atomic mass is 32.2. The number of allylic oxidation sites excluding steroid dienone is 1. The van der Waals surface area contributed by atoms with Crippen molar-refractivity contribution in [2.24, 2.45) is 0 Å². The molecule has 1 aliphatic carbocycles. The van der Waals surface area contributed by atoms with Gasteiger partial charge in [-0.1, -0.05) is 30.0 Å². The Morgan fingerprint density at radius 2 is 2.00 bits per heavy atom. The minimum atomic E-state index is -0.0962. The molecular weight excluding hydrogens is 450 g/mol. The first-order chi connectivity index (χ1) is 16.5. The molecule has 34 heavy (non-hydrogen) atoms. The van der Waals surface area contributed by atoms with Crippen LogP contribution in [-0.2, 0) is 9.59 Å². The van der Waals surface area contributed by atoms with Crippen LogP contribution in [0.5, 0.6) is 11.5 Å². The molecule has 0 aromatic heterocycles. The maximum absolute atomic E-state index is 13.1. The number of carbonyl (C=O) groups excluding carboxylic acids is 2. The van der Waals surface area contributed by atoms with Crippen molar-refractivity contribution in [2.75, 3.05) is 47.4 Å². The lowest BCUT2D eigenvalue weighted by atomic mass is 10.0. The third-order valence-corrected chi connectivity index (χ3v) is 7.50. The van der Waals surface area contributed by atoms with Crippen molar-refractivity contribution < 1.29 is 23.6 Å². The average Bonchev–Trinajstić information content (AvgIpc) is 3.38. The Balaban J connectivity index is 1.43. The van der Waals surface area contributed by atoms with Crippen LogP contribution in [0.2, 0.25) is 0 Å². The van der Waals surface area contributed by atoms with E-state index in [0.29, 0.717) is 28.5 Å². The van der Waals surface area contributed by atoms with Crippen molar-refractivity contribution in [1.29, 1.82) is 0 Å². The third kappa shape index (κ3) is 5.45. The highest BCUT2D eigenvalue weighted by Crippen LogP contribution is 2.35. The second kappa shape index (κ2) is 11.1. The zero-order chi connectivity index (χ0) is 24.1. The monoisotopic (exact) mass is 482 g/mol. The van der Waals surface area contributed by atoms with E-state index in [-0.39, 0.29) is 17.1 Å². The van der Waals surface area contributed by atoms with E-state index in [2.05, 4.69) is 10.2 Å². The minimum Gasteiger partial charge on any atom is -0.493 e. The number of hydrogen-bond acceptors (Lipinski definition) is 6. The molecule has 2 heterocycles. The largest absolute Gasteiger partial charge is 0.493 e. The minimum absolute atomic E-state index is 0.0270. The van der Waals surface area contributed by atoms with Crippen molar-refractivity contribution in [3.8, 4) is 11.5 Å². The first-order valence-electron chi connectivity index (χ1n) is 11.7. The number of likely N-dealkylation sites (tertiary alicyclic amines) is 1. The van der Waals surface area contributed by atoms with Gasteiger partial charge < -0.3 is 19.7 Å². The summed E-state index contributed by atoms with van der Waals surface area (Å²) in [5.41, 5.74) is 2.26. The smallest absolute Gasteiger partial charge is 0.425 e. The summed E-state index contributed by atoms with van der Waals surface area (Å²) in [5, 5.41) is 2.99. The maximum atomic E-state index is 13.1. The van der Waals surface area contributed by atoms with Gasteiger partial charge in [-0.05, 0) is 62.7 Å². The molecule has 1 atom stereocenters. The molecule has 1 saturated heterocycles. The molecule has 2 aliphatic heterocycles. The summed E-state index contributed by atoms with van der Waals surface area (Å²) in [6.07, 6.45) is 11.0. The Kier molecular flexibility index (Phi) is 7.90. The van der Waals surface area contributed by atoms with Crippen molar-refractivity contribution in [1.82, 2.24) is 10.2 Å². The number of rotatable bonds is 8. The van der Waals surface area contributed by atoms with Crippen LogP contribution in [0.1, 0.15) is 24.8 Å². The first kappa shape index (κ1) is 24.3. The highest BCUT2D eigenvalue weighted by molar-refractivity contribution is 8.05. The Morgan fingerprint density at radius 1 is 1.24 bits per heavy atom. The molecule has 0 spiro atoms. The lowest BCUT2D eigenvalue weighted by Gasteiger charge is -2.21. The Hall–Kier alpha value is -2.84. The predicted molar refractivity (Wildman–Crippen MR) is 136 cm³/mol. The van der Waals surface area contributed by atoms with Crippen LogP contribution in [-0.4, -0.2) is 79.7 Å². The SMILES string of the molecule is COc1ccc(/C=C2\SC3C=CC(C(=O)NCCCN4CCCC4)=CC3=[N+](C)C2=O)cc1OC. The van der Waals surface area contributed by atoms with E-state index < -0.39 is 0 Å². The number of amides is 2. The fourth-order valence-corrected chi connectivity index (χ4v) is 5.60. The molecule has 1 N–H and O–H groups in total. The molecule has 1 unspecified atom stereocenters. The zero-order valence-corrected chi connectivity index (χ0v) is 20.8. The Labute approximate surface area is 205 Å². The lowest BCUT2D eigenvalue weighted by molar-refractivity contribution is -0.413. The molecule has 2 amide bonds. The molecule has 3 aliphatic rings. The second-order valence-corrected chi connectivity index (χ2v) is 9.75. The van der Waals surface area contributed by atoms with Crippen molar-refractivity contribution >= 4 is 35.4 Å². The second-order valence-electron chi connectivity index (χ2n) is 8.57. The number of ether oxygens (including phenoxy) is 2. The molecule has 1 aromatic rings. The van der Waals surface area contributed by atoms with E-state index in [1.807, 2.05) is 42.5 Å². The maximum Gasteiger partial charge on any atom is 0.425 e. The third-order valence-electron chi connectivity index (χ3n) is 6.31. The quantitative estimate of drug-likeness (QED) is 0.349. The van der Waals surface area contributed by atoms with E-state index in [0.717, 1.165) is 24.2 Å². The molecular formula is C26H32N3O4S+. The first-order valence-corrected chi connectivity index (χ1v) is 12.5. The van der Waals surface area contributed by atoms with Gasteiger partial charge in [0.25, 0.3) is 5.91 Å². The predicted octanol–water partition coefficient (Wildman–Crippen LogP) is 2.87. The summed E-state index contributed by atoms with van der Waals surface area (Å²) in [6.45, 7) is 4.02. The topological polar surface area (TPSA) is 70.9 Å². The van der Waals surface area contributed by atoms with Crippen LogP contribution in [0.15, 0.2) is 46.9 Å². The van der Waals surface area contributed by atoms with Crippen molar-refractivity contribution in [3.63, 3.8) is 0 Å². The normalized spacial score (nSPS) is 21.5. The molecule has 1 fully saturated rings.